The van der Waals surface area contributed by atoms with E-state index in [-0.39, 0.29) is 17.3 Å². The number of hydrogen-bond donors (Lipinski definition) is 1. The van der Waals surface area contributed by atoms with E-state index in [4.69, 9.17) is 0 Å². The molecule has 6 nitrogen and oxygen atoms in total. The van der Waals surface area contributed by atoms with Crippen LogP contribution >= 0.6 is 12.4 Å². The first kappa shape index (κ1) is 16.6. The number of nitrogens with zero attached hydrogens (tertiary/aromatic N) is 3. The van der Waals surface area contributed by atoms with Crippen LogP contribution in [0.15, 0.2) is 17.3 Å². The molecule has 0 aliphatic carbocycles. The van der Waals surface area contributed by atoms with Crippen molar-refractivity contribution >= 4 is 22.4 Å². The van der Waals surface area contributed by atoms with Gasteiger partial charge in [-0.25, -0.2) is 17.2 Å². The highest BCUT2D eigenvalue weighted by molar-refractivity contribution is 7.89. The molecule has 1 aromatic rings. The van der Waals surface area contributed by atoms with Crippen molar-refractivity contribution in [1.82, 2.24) is 19.4 Å². The number of sulfonamides is 1. The van der Waals surface area contributed by atoms with Crippen molar-refractivity contribution in [3.63, 3.8) is 0 Å². The molecule has 21 heavy (non-hydrogen) atoms. The molecule has 3 heterocycles. The zero-order valence-electron chi connectivity index (χ0n) is 11.2. The van der Waals surface area contributed by atoms with Crippen LogP contribution in [0.2, 0.25) is 0 Å². The molecule has 0 saturated carbocycles. The van der Waals surface area contributed by atoms with Crippen molar-refractivity contribution in [2.45, 2.75) is 17.9 Å². The van der Waals surface area contributed by atoms with Gasteiger partial charge in [0.1, 0.15) is 11.4 Å². The zero-order chi connectivity index (χ0) is 14.3. The lowest BCUT2D eigenvalue weighted by molar-refractivity contribution is 0.121. The summed E-state index contributed by atoms with van der Waals surface area (Å²) in [5.41, 5.74) is 0. The van der Waals surface area contributed by atoms with Gasteiger partial charge in [0, 0.05) is 19.3 Å². The van der Waals surface area contributed by atoms with Crippen molar-refractivity contribution in [3.05, 3.63) is 12.4 Å². The maximum atomic E-state index is 12.4. The van der Waals surface area contributed by atoms with Gasteiger partial charge >= 0.3 is 0 Å². The number of nitrogens with one attached hydrogen (secondary N) is 1. The average Bonchev–Trinajstić information content (AvgIpc) is 3.00. The van der Waals surface area contributed by atoms with Crippen molar-refractivity contribution in [3.8, 4) is 0 Å². The molecule has 0 spiro atoms. The molecule has 120 valence electrons. The lowest BCUT2D eigenvalue weighted by Crippen LogP contribution is -2.31. The van der Waals surface area contributed by atoms with Crippen molar-refractivity contribution in [2.75, 3.05) is 26.2 Å². The van der Waals surface area contributed by atoms with Crippen LogP contribution in [0.1, 0.15) is 0 Å². The summed E-state index contributed by atoms with van der Waals surface area (Å²) in [4.78, 5) is -0.00826. The van der Waals surface area contributed by atoms with Gasteiger partial charge in [0.05, 0.1) is 6.20 Å². The number of aromatic nitrogens is 2. The highest BCUT2D eigenvalue weighted by Gasteiger charge is 2.41. The Balaban J connectivity index is 0.00000161. The van der Waals surface area contributed by atoms with Crippen LogP contribution in [0.25, 0.3) is 0 Å². The Morgan fingerprint density at radius 1 is 1.33 bits per heavy atom. The summed E-state index contributed by atoms with van der Waals surface area (Å²) >= 11 is 0. The second-order valence-electron chi connectivity index (χ2n) is 5.29. The van der Waals surface area contributed by atoms with Gasteiger partial charge in [0.15, 0.2) is 0 Å². The first-order valence-corrected chi connectivity index (χ1v) is 7.92. The minimum Gasteiger partial charge on any atom is -0.316 e. The highest BCUT2D eigenvalue weighted by Crippen LogP contribution is 2.30. The van der Waals surface area contributed by atoms with Crippen molar-refractivity contribution in [1.29, 1.82) is 0 Å². The second kappa shape index (κ2) is 6.15. The van der Waals surface area contributed by atoms with Gasteiger partial charge in [0.2, 0.25) is 10.0 Å². The van der Waals surface area contributed by atoms with E-state index in [0.717, 1.165) is 24.0 Å². The molecule has 2 fully saturated rings. The maximum Gasteiger partial charge on any atom is 0.257 e. The third-order valence-electron chi connectivity index (χ3n) is 3.93. The van der Waals surface area contributed by atoms with E-state index >= 15 is 0 Å². The van der Waals surface area contributed by atoms with Gasteiger partial charge < -0.3 is 5.32 Å². The van der Waals surface area contributed by atoms with E-state index in [1.165, 1.54) is 10.5 Å². The Morgan fingerprint density at radius 2 is 1.95 bits per heavy atom. The molecule has 2 aliphatic heterocycles. The summed E-state index contributed by atoms with van der Waals surface area (Å²) < 4.78 is 51.8. The van der Waals surface area contributed by atoms with Gasteiger partial charge in [-0.3, -0.25) is 4.68 Å². The molecule has 0 aromatic carbocycles. The van der Waals surface area contributed by atoms with Gasteiger partial charge in [-0.1, -0.05) is 0 Å². The van der Waals surface area contributed by atoms with E-state index in [1.54, 1.807) is 0 Å². The predicted octanol–water partition coefficient (Wildman–Crippen LogP) is 0.410. The Morgan fingerprint density at radius 3 is 2.52 bits per heavy atom. The molecule has 2 saturated heterocycles. The molecule has 2 aliphatic rings. The number of hydrogen-bond acceptors (Lipinski definition) is 4. The normalized spacial score (nSPS) is 26.0. The third kappa shape index (κ3) is 3.20. The molecular weight excluding hydrogens is 326 g/mol. The smallest absolute Gasteiger partial charge is 0.257 e. The van der Waals surface area contributed by atoms with Crippen molar-refractivity contribution in [2.24, 2.45) is 11.8 Å². The van der Waals surface area contributed by atoms with Crippen LogP contribution in [0.5, 0.6) is 0 Å². The van der Waals surface area contributed by atoms with Gasteiger partial charge in [-0.2, -0.15) is 9.40 Å². The van der Waals surface area contributed by atoms with Crippen LogP contribution in [0, 0.1) is 11.8 Å². The fourth-order valence-corrected chi connectivity index (χ4v) is 4.39. The molecule has 0 unspecified atom stereocenters. The monoisotopic (exact) mass is 342 g/mol. The largest absolute Gasteiger partial charge is 0.316 e. The molecule has 0 amide bonds. The fourth-order valence-electron chi connectivity index (χ4n) is 2.88. The summed E-state index contributed by atoms with van der Waals surface area (Å²) in [5, 5.41) is 6.93. The van der Waals surface area contributed by atoms with Crippen LogP contribution in [-0.2, 0) is 16.6 Å². The fraction of sp³-hybridized carbons (Fsp3) is 0.727. The summed E-state index contributed by atoms with van der Waals surface area (Å²) in [6.45, 7) is 2.05. The maximum absolute atomic E-state index is 12.4. The zero-order valence-corrected chi connectivity index (χ0v) is 12.8. The lowest BCUT2D eigenvalue weighted by Gasteiger charge is -2.15. The van der Waals surface area contributed by atoms with E-state index in [1.807, 2.05) is 0 Å². The third-order valence-corrected chi connectivity index (χ3v) is 5.71. The minimum atomic E-state index is -3.62. The van der Waals surface area contributed by atoms with Gasteiger partial charge in [-0.15, -0.1) is 12.4 Å². The standard InChI is InChI=1S/C11H16F2N4O2S.ClH/c12-11(13)7-16-6-10(3-15-16)20(18,19)17-4-8-1-14-2-9(8)5-17;/h3,6,8-9,11,14H,1-2,4-5,7H2;1H/t8-,9+;. The molecule has 3 rings (SSSR count). The average molecular weight is 343 g/mol. The topological polar surface area (TPSA) is 67.2 Å². The quantitative estimate of drug-likeness (QED) is 0.860. The number of alkyl halides is 2. The Kier molecular flexibility index (Phi) is 4.86. The molecule has 0 bridgehead atoms. The summed E-state index contributed by atoms with van der Waals surface area (Å²) in [6, 6.07) is 0. The summed E-state index contributed by atoms with van der Waals surface area (Å²) in [7, 11) is -3.62. The van der Waals surface area contributed by atoms with E-state index in [9.17, 15) is 17.2 Å². The van der Waals surface area contributed by atoms with Crippen LogP contribution in [0.3, 0.4) is 0 Å². The van der Waals surface area contributed by atoms with Gasteiger partial charge in [-0.05, 0) is 24.9 Å². The van der Waals surface area contributed by atoms with Crippen LogP contribution < -0.4 is 5.32 Å². The highest BCUT2D eigenvalue weighted by atomic mass is 35.5. The van der Waals surface area contributed by atoms with Crippen LogP contribution in [0.4, 0.5) is 8.78 Å². The van der Waals surface area contributed by atoms with E-state index < -0.39 is 23.0 Å². The Bertz CT molecular complexity index is 583. The molecule has 1 N–H and O–H groups in total. The van der Waals surface area contributed by atoms with E-state index in [2.05, 4.69) is 10.4 Å². The first-order chi connectivity index (χ1) is 9.46. The minimum absolute atomic E-state index is 0. The molecular formula is C11H17ClF2N4O2S. The van der Waals surface area contributed by atoms with Gasteiger partial charge in [0.25, 0.3) is 6.43 Å². The van der Waals surface area contributed by atoms with E-state index in [0.29, 0.717) is 24.9 Å². The molecule has 1 aromatic heterocycles. The van der Waals surface area contributed by atoms with Crippen LogP contribution in [-0.4, -0.2) is 55.1 Å². The summed E-state index contributed by atoms with van der Waals surface area (Å²) in [6.07, 6.45) is -0.236. The van der Waals surface area contributed by atoms with Crippen molar-refractivity contribution < 1.29 is 17.2 Å². The Labute approximate surface area is 128 Å². The number of rotatable bonds is 4. The molecule has 10 heteroatoms. The first-order valence-electron chi connectivity index (χ1n) is 6.48. The summed E-state index contributed by atoms with van der Waals surface area (Å²) in [5.74, 6) is 0.696. The Hall–Kier alpha value is -0.770. The molecule has 2 atom stereocenters. The number of fused-ring (bicyclic) bond motifs is 1. The SMILES string of the molecule is Cl.O=S(=O)(c1cnn(CC(F)F)c1)N1C[C@H]2CNC[C@H]2C1. The number of halogens is 3. The lowest BCUT2D eigenvalue weighted by atomic mass is 10.0. The molecule has 0 radical (unpaired) electrons. The predicted molar refractivity (Wildman–Crippen MR) is 74.1 cm³/mol. The second-order valence-corrected chi connectivity index (χ2v) is 7.23.